The second-order valence-corrected chi connectivity index (χ2v) is 22.6. The van der Waals surface area contributed by atoms with Crippen LogP contribution in [-0.4, -0.2) is 50.9 Å². The number of hydrogen-bond donors (Lipinski definition) is 2. The summed E-state index contributed by atoms with van der Waals surface area (Å²) >= 11 is 0. The van der Waals surface area contributed by atoms with Gasteiger partial charge in [-0.25, -0.2) is 0 Å². The lowest BCUT2D eigenvalue weighted by atomic mass is 9.91. The van der Waals surface area contributed by atoms with E-state index in [1.54, 1.807) is 0 Å². The quantitative estimate of drug-likeness (QED) is 0.198. The summed E-state index contributed by atoms with van der Waals surface area (Å²) in [6.07, 6.45) is 8.12. The minimum absolute atomic E-state index is 0.0840. The summed E-state index contributed by atoms with van der Waals surface area (Å²) in [6, 6.07) is 15.6. The molecule has 0 radical (unpaired) electrons. The molecule has 2 N–H and O–H groups in total. The van der Waals surface area contributed by atoms with Crippen molar-refractivity contribution in [2.75, 3.05) is 0 Å². The van der Waals surface area contributed by atoms with Crippen LogP contribution in [0.3, 0.4) is 0 Å². The van der Waals surface area contributed by atoms with E-state index < -0.39 is 16.1 Å². The SMILES string of the molecule is CC[Si](CC)(CC)c1cc(C)cc(C=N[C@@H]2CCCC[C@H]2N=Cc2cc(C)cc([Si](CC)(CC)CC)c2O)c1O. The van der Waals surface area contributed by atoms with E-state index in [1.165, 1.54) is 21.5 Å². The third-order valence-corrected chi connectivity index (χ3v) is 21.4. The van der Waals surface area contributed by atoms with Gasteiger partial charge >= 0.3 is 0 Å². The van der Waals surface area contributed by atoms with Crippen LogP contribution < -0.4 is 10.4 Å². The van der Waals surface area contributed by atoms with Gasteiger partial charge in [0.05, 0.1) is 28.2 Å². The Morgan fingerprint density at radius 1 is 0.625 bits per heavy atom. The van der Waals surface area contributed by atoms with E-state index in [0.717, 1.165) is 73.1 Å². The number of aromatic hydroxyl groups is 2. The number of aryl methyl sites for hydroxylation is 2. The highest BCUT2D eigenvalue weighted by atomic mass is 28.3. The first-order valence-corrected chi connectivity index (χ1v) is 21.1. The highest BCUT2D eigenvalue weighted by Crippen LogP contribution is 2.30. The molecule has 2 aromatic carbocycles. The van der Waals surface area contributed by atoms with Gasteiger partial charge in [0.1, 0.15) is 11.5 Å². The Morgan fingerprint density at radius 3 is 1.25 bits per heavy atom. The predicted molar refractivity (Wildman–Crippen MR) is 181 cm³/mol. The van der Waals surface area contributed by atoms with Crippen LogP contribution >= 0.6 is 0 Å². The Hall–Kier alpha value is -2.19. The van der Waals surface area contributed by atoms with Crippen molar-refractivity contribution in [3.63, 3.8) is 0 Å². The molecule has 1 saturated carbocycles. The van der Waals surface area contributed by atoms with E-state index in [1.807, 2.05) is 12.4 Å². The molecule has 6 heteroatoms. The lowest BCUT2D eigenvalue weighted by Crippen LogP contribution is -2.46. The Labute approximate surface area is 246 Å². The van der Waals surface area contributed by atoms with Gasteiger partial charge in [-0.2, -0.15) is 0 Å². The van der Waals surface area contributed by atoms with Crippen molar-refractivity contribution in [1.82, 2.24) is 0 Å². The first kappa shape index (κ1) is 32.3. The van der Waals surface area contributed by atoms with Gasteiger partial charge in [-0.05, 0) is 49.2 Å². The summed E-state index contributed by atoms with van der Waals surface area (Å²) in [5, 5.41) is 25.2. The van der Waals surface area contributed by atoms with E-state index in [2.05, 4.69) is 79.7 Å². The zero-order valence-corrected chi connectivity index (χ0v) is 28.5. The molecule has 0 unspecified atom stereocenters. The standard InChI is InChI=1S/C34H54N2O2Si2/c1-9-39(10-2,11-3)31-21-25(7)19-27(33(31)37)23-35-29-17-15-16-18-30(29)36-24-28-20-26(8)22-32(34(28)38)40(12-4,13-5)14-6/h19-24,29-30,37-38H,9-18H2,1-8H3/t29-,30-/m1/s1. The molecule has 1 fully saturated rings. The van der Waals surface area contributed by atoms with Crippen LogP contribution in [0.15, 0.2) is 34.3 Å². The lowest BCUT2D eigenvalue weighted by molar-refractivity contribution is 0.390. The molecule has 1 aliphatic rings. The molecule has 0 aromatic heterocycles. The summed E-state index contributed by atoms with van der Waals surface area (Å²) < 4.78 is 0. The van der Waals surface area contributed by atoms with E-state index in [9.17, 15) is 10.2 Å². The number of phenolic OH excluding ortho intramolecular Hbond substituents is 2. The third kappa shape index (κ3) is 6.65. The van der Waals surface area contributed by atoms with Crippen LogP contribution in [0.4, 0.5) is 0 Å². The molecule has 0 amide bonds. The van der Waals surface area contributed by atoms with Gasteiger partial charge in [-0.15, -0.1) is 0 Å². The van der Waals surface area contributed by atoms with Crippen LogP contribution in [0.25, 0.3) is 0 Å². The lowest BCUT2D eigenvalue weighted by Gasteiger charge is -2.30. The molecular weight excluding hydrogens is 525 g/mol. The second-order valence-electron chi connectivity index (χ2n) is 12.2. The molecule has 220 valence electrons. The average molecular weight is 579 g/mol. The van der Waals surface area contributed by atoms with Crippen LogP contribution in [0.1, 0.15) is 89.5 Å². The summed E-state index contributed by atoms with van der Waals surface area (Å²) in [6.45, 7) is 17.9. The second kappa shape index (κ2) is 14.1. The smallest absolute Gasteiger partial charge is 0.123 e. The highest BCUT2D eigenvalue weighted by Gasteiger charge is 2.34. The summed E-state index contributed by atoms with van der Waals surface area (Å²) in [5.74, 6) is 0.880. The minimum atomic E-state index is -1.73. The average Bonchev–Trinajstić information content (AvgIpc) is 2.97. The predicted octanol–water partition coefficient (Wildman–Crippen LogP) is 7.99. The molecule has 3 rings (SSSR count). The number of phenols is 2. The third-order valence-electron chi connectivity index (χ3n) is 10.3. The molecule has 1 aliphatic carbocycles. The van der Waals surface area contributed by atoms with Gasteiger partial charge < -0.3 is 10.2 Å². The molecular formula is C34H54N2O2Si2. The fraction of sp³-hybridized carbons (Fsp3) is 0.588. The monoisotopic (exact) mass is 578 g/mol. The number of benzene rings is 2. The van der Waals surface area contributed by atoms with Crippen molar-refractivity contribution in [3.05, 3.63) is 46.5 Å². The Balaban J connectivity index is 1.94. The van der Waals surface area contributed by atoms with Crippen molar-refractivity contribution in [2.24, 2.45) is 9.98 Å². The van der Waals surface area contributed by atoms with Crippen LogP contribution in [-0.2, 0) is 0 Å². The van der Waals surface area contributed by atoms with Crippen molar-refractivity contribution in [2.45, 2.75) is 129 Å². The molecule has 0 bridgehead atoms. The van der Waals surface area contributed by atoms with Gasteiger partial charge in [-0.1, -0.05) is 114 Å². The largest absolute Gasteiger partial charge is 0.507 e. The molecule has 40 heavy (non-hydrogen) atoms. The Bertz CT molecular complexity index is 1090. The van der Waals surface area contributed by atoms with Crippen molar-refractivity contribution < 1.29 is 10.2 Å². The van der Waals surface area contributed by atoms with Gasteiger partial charge in [-0.3, -0.25) is 9.98 Å². The fourth-order valence-electron chi connectivity index (χ4n) is 7.05. The molecule has 2 atom stereocenters. The number of nitrogens with zero attached hydrogens (tertiary/aromatic N) is 2. The molecule has 2 aromatic rings. The van der Waals surface area contributed by atoms with E-state index >= 15 is 0 Å². The number of rotatable bonds is 12. The summed E-state index contributed by atoms with van der Waals surface area (Å²) in [5.41, 5.74) is 4.07. The van der Waals surface area contributed by atoms with E-state index in [4.69, 9.17) is 9.98 Å². The fourth-order valence-corrected chi connectivity index (χ4v) is 14.7. The van der Waals surface area contributed by atoms with Crippen molar-refractivity contribution >= 4 is 39.0 Å². The van der Waals surface area contributed by atoms with Gasteiger partial charge in [0.15, 0.2) is 0 Å². The number of hydrogen-bond acceptors (Lipinski definition) is 4. The van der Waals surface area contributed by atoms with Gasteiger partial charge in [0.25, 0.3) is 0 Å². The number of aliphatic imine (C=N–C) groups is 2. The van der Waals surface area contributed by atoms with Gasteiger partial charge in [0, 0.05) is 23.6 Å². The Kier molecular flexibility index (Phi) is 11.4. The molecule has 0 aliphatic heterocycles. The highest BCUT2D eigenvalue weighted by molar-refractivity contribution is 6.92. The van der Waals surface area contributed by atoms with E-state index in [0.29, 0.717) is 11.5 Å². The van der Waals surface area contributed by atoms with E-state index in [-0.39, 0.29) is 12.1 Å². The minimum Gasteiger partial charge on any atom is -0.507 e. The van der Waals surface area contributed by atoms with Crippen LogP contribution in [0.5, 0.6) is 11.5 Å². The maximum Gasteiger partial charge on any atom is 0.123 e. The first-order valence-electron chi connectivity index (χ1n) is 15.9. The van der Waals surface area contributed by atoms with Crippen molar-refractivity contribution in [1.29, 1.82) is 0 Å². The molecule has 0 spiro atoms. The molecule has 0 saturated heterocycles. The topological polar surface area (TPSA) is 65.2 Å². The van der Waals surface area contributed by atoms with Crippen LogP contribution in [0, 0.1) is 13.8 Å². The maximum absolute atomic E-state index is 11.4. The maximum atomic E-state index is 11.4. The zero-order chi connectivity index (χ0) is 29.5. The summed E-state index contributed by atoms with van der Waals surface area (Å²) in [4.78, 5) is 10.1. The zero-order valence-electron chi connectivity index (χ0n) is 26.5. The van der Waals surface area contributed by atoms with Crippen molar-refractivity contribution in [3.8, 4) is 11.5 Å². The normalized spacial score (nSPS) is 18.7. The van der Waals surface area contributed by atoms with Gasteiger partial charge in [0.2, 0.25) is 0 Å². The molecule has 4 nitrogen and oxygen atoms in total. The Morgan fingerprint density at radius 2 is 0.950 bits per heavy atom. The summed E-state index contributed by atoms with van der Waals surface area (Å²) in [7, 11) is -3.45. The van der Waals surface area contributed by atoms with Crippen LogP contribution in [0.2, 0.25) is 36.3 Å². The first-order chi connectivity index (χ1) is 19.1. The molecule has 0 heterocycles.